The predicted molar refractivity (Wildman–Crippen MR) is 254 cm³/mol. The van der Waals surface area contributed by atoms with Crippen LogP contribution in [0.5, 0.6) is 0 Å². The molecule has 10 aliphatic rings. The molecule has 0 radical (unpaired) electrons. The monoisotopic (exact) mass is 1070 g/mol. The van der Waals surface area contributed by atoms with Gasteiger partial charge in [0.1, 0.15) is 97.5 Å². The summed E-state index contributed by atoms with van der Waals surface area (Å²) in [5.41, 5.74) is -3.08. The molecular weight excluding hydrogens is 989 g/mol. The van der Waals surface area contributed by atoms with Crippen molar-refractivity contribution in [3.05, 3.63) is 0 Å². The van der Waals surface area contributed by atoms with Crippen LogP contribution in [0.25, 0.3) is 0 Å². The van der Waals surface area contributed by atoms with E-state index < -0.39 is 170 Å². The van der Waals surface area contributed by atoms with E-state index in [1.165, 1.54) is 6.92 Å². The molecule has 0 aromatic heterocycles. The number of aliphatic hydroxyl groups is 11. The fraction of sp³-hybridized carbons (Fsp3) is 0.962. The van der Waals surface area contributed by atoms with Gasteiger partial charge in [-0.3, -0.25) is 4.79 Å². The largest absolute Gasteiger partial charge is 0.394 e. The summed E-state index contributed by atoms with van der Waals surface area (Å²) in [4.78, 5) is 27.2. The zero-order chi connectivity index (χ0) is 54.3. The standard InChI is InChI=1S/C53H84O22/c1-23-32(58)36(62)39(65)43(69-23)75-42-38(64)34(60)25(19-55)71-46(42)72-26-20-67-45(41(35(26)61)74-44-40(66)37(63)33(59)24(18-54)70-44)73-31-10-11-49(5)27(47(31,2)3)8-12-50(6)28(49)9-13-53-29-16-48(4,21-56)14-15-52(29,22-68-53)30(57)17-51(50,53)7/h21,23-29,31-46,54-55,58-66H,8-20,22H2,1-7H3/t23-,24+,25+,26-,27-,28+,29+,31-,32-,33+,34+,35-,36+,37-,38-,39+,40+,41-,42+,43-,44-,45-,46-,48-,49+,50+,51-,52+,53-/m0/s1. The Morgan fingerprint density at radius 1 is 0.600 bits per heavy atom. The number of carbonyl (C=O) groups excluding carboxylic acids is 2. The van der Waals surface area contributed by atoms with E-state index in [0.717, 1.165) is 38.4 Å². The van der Waals surface area contributed by atoms with Gasteiger partial charge in [0.05, 0.1) is 49.7 Å². The van der Waals surface area contributed by atoms with Gasteiger partial charge in [-0.15, -0.1) is 0 Å². The molecule has 428 valence electrons. The minimum Gasteiger partial charge on any atom is -0.394 e. The lowest BCUT2D eigenvalue weighted by atomic mass is 9.30. The summed E-state index contributed by atoms with van der Waals surface area (Å²) in [6.07, 6.45) is -23.5. The van der Waals surface area contributed by atoms with E-state index in [-0.39, 0.29) is 34.4 Å². The van der Waals surface area contributed by atoms with E-state index in [0.29, 0.717) is 38.7 Å². The van der Waals surface area contributed by atoms with Gasteiger partial charge >= 0.3 is 0 Å². The van der Waals surface area contributed by atoms with E-state index in [1.807, 2.05) is 6.92 Å². The van der Waals surface area contributed by atoms with E-state index >= 15 is 0 Å². The lowest BCUT2D eigenvalue weighted by Crippen LogP contribution is -2.73. The van der Waals surface area contributed by atoms with Gasteiger partial charge in [0, 0.05) is 23.2 Å². The van der Waals surface area contributed by atoms with Crippen LogP contribution in [0, 0.1) is 50.2 Å². The maximum absolute atomic E-state index is 14.7. The van der Waals surface area contributed by atoms with E-state index in [1.54, 1.807) is 0 Å². The van der Waals surface area contributed by atoms with Crippen molar-refractivity contribution in [1.29, 1.82) is 0 Å². The Morgan fingerprint density at radius 3 is 1.85 bits per heavy atom. The molecule has 75 heavy (non-hydrogen) atoms. The first-order chi connectivity index (χ1) is 35.2. The molecule has 2 bridgehead atoms. The summed E-state index contributed by atoms with van der Waals surface area (Å²) in [6, 6.07) is 0. The Morgan fingerprint density at radius 2 is 1.20 bits per heavy atom. The Bertz CT molecular complexity index is 2100. The van der Waals surface area contributed by atoms with Gasteiger partial charge in [-0.25, -0.2) is 0 Å². The van der Waals surface area contributed by atoms with Crippen molar-refractivity contribution in [2.24, 2.45) is 50.2 Å². The summed E-state index contributed by atoms with van der Waals surface area (Å²) in [5.74, 6) is 0.567. The highest BCUT2D eigenvalue weighted by atomic mass is 16.8. The fourth-order valence-electron chi connectivity index (χ4n) is 17.3. The molecular formula is C53H84O22. The number of aldehydes is 1. The van der Waals surface area contributed by atoms with E-state index in [9.17, 15) is 65.8 Å². The second kappa shape index (κ2) is 19.9. The Kier molecular flexibility index (Phi) is 15.1. The number of aliphatic hydroxyl groups excluding tert-OH is 11. The topological polar surface area (TPSA) is 340 Å². The van der Waals surface area contributed by atoms with Gasteiger partial charge in [-0.2, -0.15) is 0 Å². The minimum atomic E-state index is -1.89. The Labute approximate surface area is 437 Å². The molecule has 0 aromatic rings. The lowest BCUT2D eigenvalue weighted by Gasteiger charge is -2.74. The SMILES string of the molecule is C[C@@H]1O[C@@H](O[C@H]2[C@H](O[C@H]3CO[C@@H](O[C@H]4CC[C@@]5(C)[C@H]6CC[C@]78OC[C@@]9(CC[C@](C)(C=O)C[C@H]97)C(=O)C[C@@]8(C)[C@]6(C)CC[C@H]5C4(C)C)[C@@H](O[C@@H]4O[C@H](CO)[C@@H](O)[C@H](O)[C@H]4O)[C@H]3O)O[C@H](CO)[C@@H](O)[C@@H]2O)[C@H](O)[C@H](O)[C@H]1O. The third-order valence-electron chi connectivity index (χ3n) is 22.1. The minimum absolute atomic E-state index is 0.0279. The maximum Gasteiger partial charge on any atom is 0.187 e. The summed E-state index contributed by atoms with van der Waals surface area (Å²) in [5, 5.41) is 119. The van der Waals surface area contributed by atoms with Gasteiger partial charge in [0.15, 0.2) is 25.2 Å². The number of fused-ring (bicyclic) bond motifs is 4. The molecule has 5 aliphatic carbocycles. The molecule has 22 nitrogen and oxygen atoms in total. The molecule has 5 aliphatic heterocycles. The van der Waals surface area contributed by atoms with Crippen LogP contribution in [0.15, 0.2) is 0 Å². The van der Waals surface area contributed by atoms with Crippen molar-refractivity contribution >= 4 is 12.1 Å². The number of carbonyl (C=O) groups is 2. The van der Waals surface area contributed by atoms with Gasteiger partial charge < -0.3 is 104 Å². The van der Waals surface area contributed by atoms with Crippen LogP contribution in [-0.4, -0.2) is 223 Å². The van der Waals surface area contributed by atoms with Crippen LogP contribution in [0.3, 0.4) is 0 Å². The molecule has 5 heterocycles. The molecule has 5 saturated carbocycles. The molecule has 11 N–H and O–H groups in total. The number of Topliss-reactive ketones (excluding diaryl/α,β-unsaturated/α-hetero) is 1. The first-order valence-corrected chi connectivity index (χ1v) is 27.4. The number of ketones is 1. The molecule has 29 atom stereocenters. The number of ether oxygens (including phenoxy) is 9. The molecule has 1 spiro atoms. The van der Waals surface area contributed by atoms with Crippen LogP contribution in [-0.2, 0) is 52.2 Å². The third-order valence-corrected chi connectivity index (χ3v) is 22.1. The second-order valence-corrected chi connectivity index (χ2v) is 26.0. The fourth-order valence-corrected chi connectivity index (χ4v) is 17.3. The van der Waals surface area contributed by atoms with Crippen molar-refractivity contribution in [2.45, 2.75) is 241 Å². The summed E-state index contributed by atoms with van der Waals surface area (Å²) >= 11 is 0. The van der Waals surface area contributed by atoms with Crippen LogP contribution >= 0.6 is 0 Å². The Hall–Kier alpha value is -1.46. The molecule has 0 amide bonds. The third kappa shape index (κ3) is 8.46. The quantitative estimate of drug-likeness (QED) is 0.0847. The van der Waals surface area contributed by atoms with Crippen LogP contribution in [0.2, 0.25) is 0 Å². The van der Waals surface area contributed by atoms with Crippen LogP contribution < -0.4 is 0 Å². The molecule has 0 aromatic carbocycles. The van der Waals surface area contributed by atoms with Crippen molar-refractivity contribution in [1.82, 2.24) is 0 Å². The zero-order valence-corrected chi connectivity index (χ0v) is 44.2. The lowest BCUT2D eigenvalue weighted by molar-refractivity contribution is -0.394. The van der Waals surface area contributed by atoms with Gasteiger partial charge in [0.25, 0.3) is 0 Å². The highest BCUT2D eigenvalue weighted by molar-refractivity contribution is 5.89. The van der Waals surface area contributed by atoms with Crippen molar-refractivity contribution in [2.75, 3.05) is 26.4 Å². The molecule has 10 fully saturated rings. The highest BCUT2D eigenvalue weighted by Crippen LogP contribution is 2.80. The summed E-state index contributed by atoms with van der Waals surface area (Å²) < 4.78 is 56.1. The van der Waals surface area contributed by atoms with Gasteiger partial charge in [-0.1, -0.05) is 41.5 Å². The summed E-state index contributed by atoms with van der Waals surface area (Å²) in [6.45, 7) is 13.3. The average Bonchev–Trinajstić information content (AvgIpc) is 3.66. The highest BCUT2D eigenvalue weighted by Gasteiger charge is 2.80. The normalized spacial score (nSPS) is 57.5. The first kappa shape index (κ1) is 56.8. The van der Waals surface area contributed by atoms with Crippen molar-refractivity contribution in [3.63, 3.8) is 0 Å². The van der Waals surface area contributed by atoms with E-state index in [2.05, 4.69) is 34.6 Å². The molecule has 22 heteroatoms. The zero-order valence-electron chi connectivity index (χ0n) is 44.2. The number of hydrogen-bond donors (Lipinski definition) is 11. The summed E-state index contributed by atoms with van der Waals surface area (Å²) in [7, 11) is 0. The second-order valence-electron chi connectivity index (χ2n) is 26.0. The maximum atomic E-state index is 14.7. The average molecular weight is 1070 g/mol. The Balaban J connectivity index is 0.903. The van der Waals surface area contributed by atoms with Crippen LogP contribution in [0.1, 0.15) is 113 Å². The number of hydrogen-bond acceptors (Lipinski definition) is 22. The van der Waals surface area contributed by atoms with Crippen LogP contribution in [0.4, 0.5) is 0 Å². The molecule has 10 rings (SSSR count). The molecule has 0 unspecified atom stereocenters. The molecule has 5 saturated heterocycles. The smallest absolute Gasteiger partial charge is 0.187 e. The van der Waals surface area contributed by atoms with Crippen molar-refractivity contribution < 1.29 is 108 Å². The van der Waals surface area contributed by atoms with Crippen molar-refractivity contribution in [3.8, 4) is 0 Å². The van der Waals surface area contributed by atoms with Gasteiger partial charge in [0.2, 0.25) is 0 Å². The number of rotatable bonds is 11. The van der Waals surface area contributed by atoms with E-state index in [4.69, 9.17) is 42.6 Å². The van der Waals surface area contributed by atoms with Gasteiger partial charge in [-0.05, 0) is 92.8 Å². The first-order valence-electron chi connectivity index (χ1n) is 27.4. The predicted octanol–water partition coefficient (Wildman–Crippen LogP) is -1.30.